The number of benzene rings is 1. The smallest absolute Gasteiger partial charge is 0.262 e. The minimum absolute atomic E-state index is 0.0415. The molecule has 1 aromatic carbocycles. The van der Waals surface area contributed by atoms with Crippen LogP contribution in [-0.2, 0) is 7.05 Å². The minimum Gasteiger partial charge on any atom is -0.344 e. The van der Waals surface area contributed by atoms with Gasteiger partial charge in [-0.3, -0.25) is 9.59 Å². The Hall–Kier alpha value is -2.18. The molecular weight excluding hydrogens is 370 g/mol. The lowest BCUT2D eigenvalue weighted by atomic mass is 10.0. The van der Waals surface area contributed by atoms with E-state index in [4.69, 9.17) is 11.6 Å². The van der Waals surface area contributed by atoms with Gasteiger partial charge in [0.25, 0.3) is 11.5 Å². The van der Waals surface area contributed by atoms with Gasteiger partial charge in [0.2, 0.25) is 0 Å². The average molecular weight is 388 g/mol. The molecule has 2 heterocycles. The van der Waals surface area contributed by atoms with Gasteiger partial charge in [0.1, 0.15) is 4.83 Å². The fourth-order valence-electron chi connectivity index (χ4n) is 3.21. The van der Waals surface area contributed by atoms with Gasteiger partial charge in [-0.2, -0.15) is 0 Å². The molecule has 1 unspecified atom stereocenters. The van der Waals surface area contributed by atoms with Crippen LogP contribution in [0, 0.1) is 12.8 Å². The highest BCUT2D eigenvalue weighted by Crippen LogP contribution is 2.41. The van der Waals surface area contributed by atoms with Crippen molar-refractivity contribution in [1.29, 1.82) is 0 Å². The molecule has 1 amide bonds. The summed E-state index contributed by atoms with van der Waals surface area (Å²) in [7, 11) is 1.66. The van der Waals surface area contributed by atoms with E-state index in [2.05, 4.69) is 10.3 Å². The molecular formula is C19H18ClN3O2S. The van der Waals surface area contributed by atoms with Crippen LogP contribution in [0.2, 0.25) is 5.02 Å². The van der Waals surface area contributed by atoms with Crippen LogP contribution >= 0.6 is 22.9 Å². The van der Waals surface area contributed by atoms with E-state index >= 15 is 0 Å². The fourth-order valence-corrected chi connectivity index (χ4v) is 4.37. The topological polar surface area (TPSA) is 64.0 Å². The highest BCUT2D eigenvalue weighted by molar-refractivity contribution is 7.20. The van der Waals surface area contributed by atoms with Crippen LogP contribution in [0.3, 0.4) is 0 Å². The first-order valence-corrected chi connectivity index (χ1v) is 9.66. The fraction of sp³-hybridized carbons (Fsp3) is 0.316. The SMILES string of the molecule is Cc1c(C(=O)NC(c2ccc(Cl)cc2)C2CC2)sc2ncn(C)c(=O)c12. The van der Waals surface area contributed by atoms with Crippen molar-refractivity contribution < 1.29 is 4.79 Å². The van der Waals surface area contributed by atoms with Crippen molar-refractivity contribution in [2.75, 3.05) is 0 Å². The molecule has 1 aliphatic rings. The predicted molar refractivity (Wildman–Crippen MR) is 104 cm³/mol. The van der Waals surface area contributed by atoms with Gasteiger partial charge >= 0.3 is 0 Å². The van der Waals surface area contributed by atoms with Crippen molar-refractivity contribution in [3.05, 3.63) is 62.0 Å². The average Bonchev–Trinajstić information content (AvgIpc) is 3.40. The van der Waals surface area contributed by atoms with Gasteiger partial charge < -0.3 is 9.88 Å². The summed E-state index contributed by atoms with van der Waals surface area (Å²) in [6.07, 6.45) is 3.69. The lowest BCUT2D eigenvalue weighted by Crippen LogP contribution is -2.29. The third-order valence-corrected chi connectivity index (χ3v) is 6.28. The van der Waals surface area contributed by atoms with Gasteiger partial charge in [-0.1, -0.05) is 23.7 Å². The Bertz CT molecular complexity index is 1050. The number of nitrogens with one attached hydrogen (secondary N) is 1. The molecule has 0 radical (unpaired) electrons. The normalized spacial score (nSPS) is 15.2. The number of amides is 1. The number of aromatic nitrogens is 2. The van der Waals surface area contributed by atoms with E-state index in [1.165, 1.54) is 22.2 Å². The second-order valence-electron chi connectivity index (χ2n) is 6.74. The zero-order valence-corrected chi connectivity index (χ0v) is 16.0. The van der Waals surface area contributed by atoms with Gasteiger partial charge in [0.15, 0.2) is 0 Å². The van der Waals surface area contributed by atoms with Crippen molar-refractivity contribution in [3.63, 3.8) is 0 Å². The summed E-state index contributed by atoms with van der Waals surface area (Å²) in [4.78, 5) is 30.8. The summed E-state index contributed by atoms with van der Waals surface area (Å²) in [6, 6.07) is 7.56. The van der Waals surface area contributed by atoms with Crippen molar-refractivity contribution in [2.45, 2.75) is 25.8 Å². The highest BCUT2D eigenvalue weighted by Gasteiger charge is 2.34. The van der Waals surface area contributed by atoms with Gasteiger partial charge in [0.05, 0.1) is 22.6 Å². The minimum atomic E-state index is -0.153. The van der Waals surface area contributed by atoms with E-state index in [1.54, 1.807) is 7.05 Å². The quantitative estimate of drug-likeness (QED) is 0.739. The van der Waals surface area contributed by atoms with E-state index in [1.807, 2.05) is 31.2 Å². The van der Waals surface area contributed by atoms with Gasteiger partial charge in [-0.05, 0) is 48.9 Å². The molecule has 7 heteroatoms. The number of fused-ring (bicyclic) bond motifs is 1. The molecule has 134 valence electrons. The Kier molecular flexibility index (Phi) is 4.32. The molecule has 1 saturated carbocycles. The van der Waals surface area contributed by atoms with Crippen molar-refractivity contribution in [2.24, 2.45) is 13.0 Å². The Labute approximate surface area is 159 Å². The van der Waals surface area contributed by atoms with Crippen LogP contribution in [0.15, 0.2) is 35.4 Å². The summed E-state index contributed by atoms with van der Waals surface area (Å²) in [5.41, 5.74) is 1.62. The second-order valence-corrected chi connectivity index (χ2v) is 8.17. The zero-order chi connectivity index (χ0) is 18.4. The molecule has 0 spiro atoms. The summed E-state index contributed by atoms with van der Waals surface area (Å²) >= 11 is 7.25. The molecule has 1 N–H and O–H groups in total. The molecule has 5 nitrogen and oxygen atoms in total. The zero-order valence-electron chi connectivity index (χ0n) is 14.5. The number of aryl methyl sites for hydroxylation is 2. The van der Waals surface area contributed by atoms with Gasteiger partial charge in [0, 0.05) is 12.1 Å². The number of thiophene rings is 1. The van der Waals surface area contributed by atoms with E-state index in [0.29, 0.717) is 31.6 Å². The molecule has 4 rings (SSSR count). The van der Waals surface area contributed by atoms with Gasteiger partial charge in [-0.15, -0.1) is 11.3 Å². The van der Waals surface area contributed by atoms with Crippen LogP contribution in [0.1, 0.15) is 39.7 Å². The molecule has 1 aliphatic carbocycles. The number of rotatable bonds is 4. The molecule has 26 heavy (non-hydrogen) atoms. The predicted octanol–water partition coefficient (Wildman–Crippen LogP) is 3.84. The monoisotopic (exact) mass is 387 g/mol. The molecule has 3 aromatic rings. The first kappa shape index (κ1) is 17.2. The van der Waals surface area contributed by atoms with E-state index in [-0.39, 0.29) is 17.5 Å². The Morgan fingerprint density at radius 1 is 1.35 bits per heavy atom. The molecule has 1 fully saturated rings. The maximum atomic E-state index is 13.0. The summed E-state index contributed by atoms with van der Waals surface area (Å²) in [5, 5.41) is 4.36. The first-order chi connectivity index (χ1) is 12.5. The maximum Gasteiger partial charge on any atom is 0.262 e. The molecule has 0 aliphatic heterocycles. The summed E-state index contributed by atoms with van der Waals surface area (Å²) < 4.78 is 1.43. The largest absolute Gasteiger partial charge is 0.344 e. The number of hydrogen-bond donors (Lipinski definition) is 1. The highest BCUT2D eigenvalue weighted by atomic mass is 35.5. The van der Waals surface area contributed by atoms with E-state index in [9.17, 15) is 9.59 Å². The van der Waals surface area contributed by atoms with Crippen LogP contribution in [0.4, 0.5) is 0 Å². The number of hydrogen-bond acceptors (Lipinski definition) is 4. The second kappa shape index (κ2) is 6.52. The van der Waals surface area contributed by atoms with E-state index in [0.717, 1.165) is 18.4 Å². The lowest BCUT2D eigenvalue weighted by molar-refractivity contribution is 0.0935. The Balaban J connectivity index is 1.68. The molecule has 2 aromatic heterocycles. The van der Waals surface area contributed by atoms with Crippen LogP contribution in [0.5, 0.6) is 0 Å². The van der Waals surface area contributed by atoms with Crippen molar-refractivity contribution >= 4 is 39.1 Å². The summed E-state index contributed by atoms with van der Waals surface area (Å²) in [5.74, 6) is 0.292. The number of carbonyl (C=O) groups is 1. The van der Waals surface area contributed by atoms with E-state index < -0.39 is 0 Å². The van der Waals surface area contributed by atoms with Crippen LogP contribution in [0.25, 0.3) is 10.2 Å². The molecule has 0 saturated heterocycles. The third-order valence-electron chi connectivity index (χ3n) is 4.83. The third kappa shape index (κ3) is 3.04. The first-order valence-electron chi connectivity index (χ1n) is 8.46. The summed E-state index contributed by atoms with van der Waals surface area (Å²) in [6.45, 7) is 1.81. The number of halogens is 1. The van der Waals surface area contributed by atoms with Gasteiger partial charge in [-0.25, -0.2) is 4.98 Å². The van der Waals surface area contributed by atoms with Crippen molar-refractivity contribution in [1.82, 2.24) is 14.9 Å². The maximum absolute atomic E-state index is 13.0. The molecule has 1 atom stereocenters. The number of nitrogens with zero attached hydrogens (tertiary/aromatic N) is 2. The Morgan fingerprint density at radius 3 is 2.69 bits per heavy atom. The molecule has 0 bridgehead atoms. The lowest BCUT2D eigenvalue weighted by Gasteiger charge is -2.18. The number of carbonyl (C=O) groups excluding carboxylic acids is 1. The van der Waals surface area contributed by atoms with Crippen molar-refractivity contribution in [3.8, 4) is 0 Å². The standard InChI is InChI=1S/C19H18ClN3O2S/c1-10-14-18(21-9-23(2)19(14)25)26-16(10)17(24)22-15(11-3-4-11)12-5-7-13(20)8-6-12/h5-9,11,15H,3-4H2,1-2H3,(H,22,24). The Morgan fingerprint density at radius 2 is 2.04 bits per heavy atom. The van der Waals surface area contributed by atoms with Crippen LogP contribution in [-0.4, -0.2) is 15.5 Å². The van der Waals surface area contributed by atoms with Crippen LogP contribution < -0.4 is 10.9 Å².